The van der Waals surface area contributed by atoms with Gasteiger partial charge in [-0.2, -0.15) is 0 Å². The van der Waals surface area contributed by atoms with Crippen LogP contribution in [-0.2, 0) is 11.2 Å². The molecule has 0 aliphatic heterocycles. The van der Waals surface area contributed by atoms with E-state index < -0.39 is 0 Å². The molecule has 0 aliphatic carbocycles. The third-order valence-corrected chi connectivity index (χ3v) is 2.44. The van der Waals surface area contributed by atoms with Crippen molar-refractivity contribution in [3.8, 4) is 5.75 Å². The first-order valence-electron chi connectivity index (χ1n) is 5.92. The number of alkyl halides is 1. The molecule has 0 bridgehead atoms. The fourth-order valence-corrected chi connectivity index (χ4v) is 1.58. The Labute approximate surface area is 108 Å². The molecule has 0 atom stereocenters. The predicted octanol–water partition coefficient (Wildman–Crippen LogP) is 2.21. The molecule has 0 unspecified atom stereocenters. The second kappa shape index (κ2) is 9.28. The maximum absolute atomic E-state index is 5.57. The Morgan fingerprint density at radius 3 is 2.82 bits per heavy atom. The van der Waals surface area contributed by atoms with Crippen molar-refractivity contribution in [2.75, 3.05) is 32.2 Å². The second-order valence-corrected chi connectivity index (χ2v) is 4.07. The van der Waals surface area contributed by atoms with Gasteiger partial charge in [0, 0.05) is 5.88 Å². The van der Waals surface area contributed by atoms with E-state index in [1.807, 2.05) is 12.1 Å². The Morgan fingerprint density at radius 1 is 1.18 bits per heavy atom. The molecule has 1 rings (SSSR count). The molecule has 0 aromatic heterocycles. The summed E-state index contributed by atoms with van der Waals surface area (Å²) in [5.74, 6) is 1.41. The summed E-state index contributed by atoms with van der Waals surface area (Å²) in [5.41, 5.74) is 6.74. The molecular weight excluding hydrogens is 238 g/mol. The number of ether oxygens (including phenoxy) is 2. The molecule has 4 heteroatoms. The van der Waals surface area contributed by atoms with Gasteiger partial charge >= 0.3 is 0 Å². The van der Waals surface area contributed by atoms with E-state index in [-0.39, 0.29) is 0 Å². The highest BCUT2D eigenvalue weighted by Gasteiger charge is 1.97. The number of halogens is 1. The molecule has 0 spiro atoms. The molecule has 1 aromatic rings. The van der Waals surface area contributed by atoms with Crippen molar-refractivity contribution in [1.82, 2.24) is 0 Å². The van der Waals surface area contributed by atoms with E-state index in [4.69, 9.17) is 26.8 Å². The lowest BCUT2D eigenvalue weighted by Gasteiger charge is -2.08. The quantitative estimate of drug-likeness (QED) is 0.545. The van der Waals surface area contributed by atoms with Gasteiger partial charge in [0.1, 0.15) is 12.4 Å². The maximum atomic E-state index is 5.57. The van der Waals surface area contributed by atoms with Crippen LogP contribution in [0.1, 0.15) is 12.0 Å². The van der Waals surface area contributed by atoms with Crippen LogP contribution in [0.5, 0.6) is 5.75 Å². The van der Waals surface area contributed by atoms with Crippen molar-refractivity contribution in [2.45, 2.75) is 12.8 Å². The molecular formula is C13H20ClNO2. The van der Waals surface area contributed by atoms with Crippen molar-refractivity contribution in [1.29, 1.82) is 0 Å². The highest BCUT2D eigenvalue weighted by molar-refractivity contribution is 6.17. The van der Waals surface area contributed by atoms with E-state index in [1.54, 1.807) is 0 Å². The van der Waals surface area contributed by atoms with Crippen molar-refractivity contribution in [2.24, 2.45) is 5.73 Å². The Kier molecular flexibility index (Phi) is 7.80. The van der Waals surface area contributed by atoms with Crippen molar-refractivity contribution in [3.63, 3.8) is 0 Å². The summed E-state index contributed by atoms with van der Waals surface area (Å²) in [5, 5.41) is 0. The van der Waals surface area contributed by atoms with Gasteiger partial charge in [-0.15, -0.1) is 11.6 Å². The number of aryl methyl sites for hydroxylation is 1. The van der Waals surface area contributed by atoms with E-state index in [2.05, 4.69) is 12.1 Å². The molecule has 17 heavy (non-hydrogen) atoms. The van der Waals surface area contributed by atoms with Crippen LogP contribution in [0.3, 0.4) is 0 Å². The van der Waals surface area contributed by atoms with Gasteiger partial charge < -0.3 is 15.2 Å². The van der Waals surface area contributed by atoms with Gasteiger partial charge in [-0.05, 0) is 37.1 Å². The van der Waals surface area contributed by atoms with E-state index in [1.165, 1.54) is 5.56 Å². The Hall–Kier alpha value is -0.770. The Morgan fingerprint density at radius 2 is 2.06 bits per heavy atom. The lowest BCUT2D eigenvalue weighted by molar-refractivity contribution is 0.111. The van der Waals surface area contributed by atoms with Crippen LogP contribution >= 0.6 is 11.6 Å². The summed E-state index contributed by atoms with van der Waals surface area (Å²) in [6, 6.07) is 8.10. The number of benzene rings is 1. The molecule has 0 radical (unpaired) electrons. The summed E-state index contributed by atoms with van der Waals surface area (Å²) in [6.45, 7) is 2.41. The van der Waals surface area contributed by atoms with E-state index in [0.717, 1.165) is 25.1 Å². The van der Waals surface area contributed by atoms with Gasteiger partial charge in [0.25, 0.3) is 0 Å². The molecule has 1 aromatic carbocycles. The van der Waals surface area contributed by atoms with Gasteiger partial charge in [-0.1, -0.05) is 12.1 Å². The maximum Gasteiger partial charge on any atom is 0.119 e. The molecule has 0 heterocycles. The number of nitrogens with two attached hydrogens (primary N) is 1. The van der Waals surface area contributed by atoms with E-state index >= 15 is 0 Å². The molecule has 0 amide bonds. The molecule has 0 fully saturated rings. The third-order valence-electron chi connectivity index (χ3n) is 2.29. The molecule has 0 saturated heterocycles. The highest BCUT2D eigenvalue weighted by atomic mass is 35.5. The van der Waals surface area contributed by atoms with Gasteiger partial charge in [-0.3, -0.25) is 0 Å². The van der Waals surface area contributed by atoms with E-state index in [9.17, 15) is 0 Å². The zero-order valence-corrected chi connectivity index (χ0v) is 10.8. The largest absolute Gasteiger partial charge is 0.491 e. The van der Waals surface area contributed by atoms with Crippen molar-refractivity contribution in [3.05, 3.63) is 29.8 Å². The van der Waals surface area contributed by atoms with Crippen LogP contribution in [0.4, 0.5) is 0 Å². The van der Waals surface area contributed by atoms with Crippen LogP contribution in [0.25, 0.3) is 0 Å². The molecule has 0 aliphatic rings. The number of hydrogen-bond acceptors (Lipinski definition) is 3. The van der Waals surface area contributed by atoms with Crippen molar-refractivity contribution < 1.29 is 9.47 Å². The zero-order valence-electron chi connectivity index (χ0n) is 10.0. The van der Waals surface area contributed by atoms with Gasteiger partial charge in [0.05, 0.1) is 13.2 Å². The lowest BCUT2D eigenvalue weighted by atomic mass is 10.1. The van der Waals surface area contributed by atoms with Crippen LogP contribution in [0.2, 0.25) is 0 Å². The van der Waals surface area contributed by atoms with Crippen LogP contribution in [-0.4, -0.2) is 32.2 Å². The Bertz CT molecular complexity index is 307. The minimum atomic E-state index is 0.522. The summed E-state index contributed by atoms with van der Waals surface area (Å²) in [4.78, 5) is 0. The van der Waals surface area contributed by atoms with Gasteiger partial charge in [0.15, 0.2) is 0 Å². The SMILES string of the molecule is NCCCc1cccc(OCCOCCCl)c1. The lowest BCUT2D eigenvalue weighted by Crippen LogP contribution is -2.08. The monoisotopic (exact) mass is 257 g/mol. The van der Waals surface area contributed by atoms with Crippen LogP contribution in [0, 0.1) is 0 Å². The summed E-state index contributed by atoms with van der Waals surface area (Å²) >= 11 is 5.49. The molecule has 96 valence electrons. The zero-order chi connectivity index (χ0) is 12.3. The average Bonchev–Trinajstić information content (AvgIpc) is 2.37. The van der Waals surface area contributed by atoms with Crippen LogP contribution < -0.4 is 10.5 Å². The first-order valence-corrected chi connectivity index (χ1v) is 6.46. The second-order valence-electron chi connectivity index (χ2n) is 3.69. The van der Waals surface area contributed by atoms with Gasteiger partial charge in [-0.25, -0.2) is 0 Å². The summed E-state index contributed by atoms with van der Waals surface area (Å²) in [6.07, 6.45) is 2.00. The number of hydrogen-bond donors (Lipinski definition) is 1. The average molecular weight is 258 g/mol. The molecule has 2 N–H and O–H groups in total. The smallest absolute Gasteiger partial charge is 0.119 e. The molecule has 3 nitrogen and oxygen atoms in total. The topological polar surface area (TPSA) is 44.5 Å². The van der Waals surface area contributed by atoms with Crippen LogP contribution in [0.15, 0.2) is 24.3 Å². The first kappa shape index (κ1) is 14.3. The molecule has 0 saturated carbocycles. The van der Waals surface area contributed by atoms with Crippen molar-refractivity contribution >= 4 is 11.6 Å². The summed E-state index contributed by atoms with van der Waals surface area (Å²) in [7, 11) is 0. The standard InChI is InChI=1S/C13H20ClNO2/c14-6-8-16-9-10-17-13-5-1-3-12(11-13)4-2-7-15/h1,3,5,11H,2,4,6-10,15H2. The third kappa shape index (κ3) is 6.51. The normalized spacial score (nSPS) is 10.5. The highest BCUT2D eigenvalue weighted by Crippen LogP contribution is 2.14. The minimum absolute atomic E-state index is 0.522. The fourth-order valence-electron chi connectivity index (χ4n) is 1.47. The Balaban J connectivity index is 2.27. The van der Waals surface area contributed by atoms with E-state index in [0.29, 0.717) is 25.7 Å². The fraction of sp³-hybridized carbons (Fsp3) is 0.538. The summed E-state index contributed by atoms with van der Waals surface area (Å²) < 4.78 is 10.8. The predicted molar refractivity (Wildman–Crippen MR) is 70.9 cm³/mol. The number of rotatable bonds is 9. The van der Waals surface area contributed by atoms with Gasteiger partial charge in [0.2, 0.25) is 0 Å². The first-order chi connectivity index (χ1) is 8.36. The minimum Gasteiger partial charge on any atom is -0.491 e.